The Morgan fingerprint density at radius 2 is 1.58 bits per heavy atom. The van der Waals surface area contributed by atoms with Crippen LogP contribution in [0.25, 0.3) is 0 Å². The second-order valence-corrected chi connectivity index (χ2v) is 12.0. The Kier molecular flexibility index (Phi) is 10.8. The number of aliphatic hydroxyl groups excluding tert-OH is 1. The van der Waals surface area contributed by atoms with Crippen LogP contribution in [0, 0.1) is 5.92 Å². The zero-order chi connectivity index (χ0) is 18.9. The molecular weight excluding hydrogens is 312 g/mol. The average molecular weight is 353 g/mol. The van der Waals surface area contributed by atoms with Crippen molar-refractivity contribution in [3.05, 3.63) is 36.0 Å². The van der Waals surface area contributed by atoms with E-state index in [1.165, 1.54) is 23.7 Å². The van der Waals surface area contributed by atoms with E-state index in [9.17, 15) is 5.11 Å². The summed E-state index contributed by atoms with van der Waals surface area (Å²) < 4.78 is 6.65. The Bertz CT molecular complexity index is 427. The summed E-state index contributed by atoms with van der Waals surface area (Å²) in [5.41, 5.74) is 3.13. The van der Waals surface area contributed by atoms with Crippen molar-refractivity contribution in [3.8, 4) is 0 Å². The summed E-state index contributed by atoms with van der Waals surface area (Å²) in [6.07, 6.45) is 3.66. The van der Waals surface area contributed by atoms with Gasteiger partial charge in [0, 0.05) is 0 Å². The van der Waals surface area contributed by atoms with E-state index in [0.29, 0.717) is 0 Å². The molecule has 0 bridgehead atoms. The molecule has 0 aliphatic rings. The van der Waals surface area contributed by atoms with E-state index in [1.807, 2.05) is 13.8 Å². The van der Waals surface area contributed by atoms with Crippen LogP contribution in [-0.4, -0.2) is 25.6 Å². The molecule has 1 N–H and O–H groups in total. The minimum Gasteiger partial charge on any atom is -0.410 e. The van der Waals surface area contributed by atoms with Crippen molar-refractivity contribution in [1.82, 2.24) is 0 Å². The van der Waals surface area contributed by atoms with Gasteiger partial charge in [-0.2, -0.15) is 0 Å². The molecule has 0 aromatic rings. The SMILES string of the molecule is C=C(/C=C(\C)[C@@H](CC)O[Si](CC)(CC)CC)C[C@H](C)C(O)C(=C)C. The van der Waals surface area contributed by atoms with Crippen LogP contribution < -0.4 is 0 Å². The predicted molar refractivity (Wildman–Crippen MR) is 110 cm³/mol. The van der Waals surface area contributed by atoms with E-state index in [2.05, 4.69) is 53.9 Å². The lowest BCUT2D eigenvalue weighted by Crippen LogP contribution is -2.40. The maximum Gasteiger partial charge on any atom is 0.192 e. The summed E-state index contributed by atoms with van der Waals surface area (Å²) in [7, 11) is -1.60. The minimum absolute atomic E-state index is 0.135. The normalized spacial score (nSPS) is 16.6. The van der Waals surface area contributed by atoms with Crippen LogP contribution in [-0.2, 0) is 4.43 Å². The number of hydrogen-bond acceptors (Lipinski definition) is 2. The highest BCUT2D eigenvalue weighted by molar-refractivity contribution is 6.73. The molecular formula is C21H40O2Si. The lowest BCUT2D eigenvalue weighted by Gasteiger charge is -2.33. The molecule has 140 valence electrons. The first-order chi connectivity index (χ1) is 11.2. The van der Waals surface area contributed by atoms with Gasteiger partial charge in [0.2, 0.25) is 0 Å². The quantitative estimate of drug-likeness (QED) is 0.255. The standard InChI is InChI=1S/C21H40O2Si/c1-10-20(23-24(11-2,12-3)13-4)18(8)14-17(7)15-19(9)21(22)16(5)6/h14,19-22H,5,7,10-13,15H2,1-4,6,8-9H3/b18-14+/t19-,20+,21?/m0/s1. The van der Waals surface area contributed by atoms with E-state index in [1.54, 1.807) is 0 Å². The average Bonchev–Trinajstić information content (AvgIpc) is 2.55. The number of hydrogen-bond donors (Lipinski definition) is 1. The summed E-state index contributed by atoms with van der Waals surface area (Å²) in [6, 6.07) is 3.52. The van der Waals surface area contributed by atoms with Gasteiger partial charge in [0.15, 0.2) is 8.32 Å². The van der Waals surface area contributed by atoms with E-state index in [4.69, 9.17) is 4.43 Å². The highest BCUT2D eigenvalue weighted by Crippen LogP contribution is 2.28. The Morgan fingerprint density at radius 3 is 1.96 bits per heavy atom. The number of rotatable bonds is 12. The third-order valence-electron chi connectivity index (χ3n) is 5.26. The maximum atomic E-state index is 10.1. The molecule has 0 aliphatic carbocycles. The van der Waals surface area contributed by atoms with Gasteiger partial charge < -0.3 is 9.53 Å². The highest BCUT2D eigenvalue weighted by atomic mass is 28.4. The van der Waals surface area contributed by atoms with Gasteiger partial charge in [0.05, 0.1) is 12.2 Å². The first kappa shape index (κ1) is 23.4. The van der Waals surface area contributed by atoms with Crippen molar-refractivity contribution >= 4 is 8.32 Å². The van der Waals surface area contributed by atoms with Gasteiger partial charge in [-0.1, -0.05) is 65.0 Å². The molecule has 0 aliphatic heterocycles. The van der Waals surface area contributed by atoms with Crippen LogP contribution in [0.3, 0.4) is 0 Å². The van der Waals surface area contributed by atoms with Crippen LogP contribution >= 0.6 is 0 Å². The fourth-order valence-electron chi connectivity index (χ4n) is 3.28. The predicted octanol–water partition coefficient (Wildman–Crippen LogP) is 6.25. The first-order valence-electron chi connectivity index (χ1n) is 9.53. The van der Waals surface area contributed by atoms with Crippen LogP contribution in [0.15, 0.2) is 36.0 Å². The third kappa shape index (κ3) is 7.08. The molecule has 0 heterocycles. The summed E-state index contributed by atoms with van der Waals surface area (Å²) in [5.74, 6) is 0.135. The molecule has 0 aromatic carbocycles. The molecule has 24 heavy (non-hydrogen) atoms. The van der Waals surface area contributed by atoms with Crippen LogP contribution in [0.5, 0.6) is 0 Å². The van der Waals surface area contributed by atoms with Gasteiger partial charge in [-0.3, -0.25) is 0 Å². The minimum atomic E-state index is -1.60. The molecule has 0 rings (SSSR count). The zero-order valence-corrected chi connectivity index (χ0v) is 18.1. The Morgan fingerprint density at radius 1 is 1.08 bits per heavy atom. The molecule has 0 aromatic heterocycles. The molecule has 2 nitrogen and oxygen atoms in total. The van der Waals surface area contributed by atoms with Crippen molar-refractivity contribution in [3.63, 3.8) is 0 Å². The second kappa shape index (κ2) is 11.1. The third-order valence-corrected chi connectivity index (χ3v) is 9.91. The number of allylic oxidation sites excluding steroid dienone is 2. The lowest BCUT2D eigenvalue weighted by molar-refractivity contribution is 0.151. The maximum absolute atomic E-state index is 10.1. The molecule has 0 amide bonds. The summed E-state index contributed by atoms with van der Waals surface area (Å²) in [5, 5.41) is 10.1. The van der Waals surface area contributed by atoms with Crippen molar-refractivity contribution in [2.45, 2.75) is 91.6 Å². The van der Waals surface area contributed by atoms with Gasteiger partial charge in [0.1, 0.15) is 0 Å². The van der Waals surface area contributed by atoms with E-state index in [-0.39, 0.29) is 12.0 Å². The van der Waals surface area contributed by atoms with Gasteiger partial charge in [0.25, 0.3) is 0 Å². The van der Waals surface area contributed by atoms with Crippen molar-refractivity contribution in [2.75, 3.05) is 0 Å². The Labute approximate surface area is 151 Å². The fraction of sp³-hybridized carbons (Fsp3) is 0.714. The van der Waals surface area contributed by atoms with E-state index < -0.39 is 14.4 Å². The largest absolute Gasteiger partial charge is 0.410 e. The van der Waals surface area contributed by atoms with Crippen LogP contribution in [0.4, 0.5) is 0 Å². The molecule has 0 radical (unpaired) electrons. The topological polar surface area (TPSA) is 29.5 Å². The Hall–Kier alpha value is -0.643. The van der Waals surface area contributed by atoms with Gasteiger partial charge in [-0.15, -0.1) is 0 Å². The van der Waals surface area contributed by atoms with E-state index >= 15 is 0 Å². The molecule has 0 spiro atoms. The zero-order valence-electron chi connectivity index (χ0n) is 17.1. The van der Waals surface area contributed by atoms with Crippen LogP contribution in [0.2, 0.25) is 18.1 Å². The van der Waals surface area contributed by atoms with Crippen molar-refractivity contribution in [1.29, 1.82) is 0 Å². The summed E-state index contributed by atoms with van der Waals surface area (Å²) >= 11 is 0. The van der Waals surface area contributed by atoms with Crippen molar-refractivity contribution < 1.29 is 9.53 Å². The molecule has 3 heteroatoms. The van der Waals surface area contributed by atoms with Gasteiger partial charge in [-0.25, -0.2) is 0 Å². The fourth-order valence-corrected chi connectivity index (χ4v) is 6.24. The Balaban J connectivity index is 5.00. The summed E-state index contributed by atoms with van der Waals surface area (Å²) in [6.45, 7) is 23.1. The van der Waals surface area contributed by atoms with Gasteiger partial charge in [-0.05, 0) is 56.3 Å². The molecule has 0 saturated carbocycles. The lowest BCUT2D eigenvalue weighted by atomic mass is 9.92. The highest BCUT2D eigenvalue weighted by Gasteiger charge is 2.31. The number of aliphatic hydroxyl groups is 1. The van der Waals surface area contributed by atoms with Crippen LogP contribution in [0.1, 0.15) is 61.3 Å². The first-order valence-corrected chi connectivity index (χ1v) is 12.1. The smallest absolute Gasteiger partial charge is 0.192 e. The molecule has 1 unspecified atom stereocenters. The molecule has 3 atom stereocenters. The van der Waals surface area contributed by atoms with Gasteiger partial charge >= 0.3 is 0 Å². The monoisotopic (exact) mass is 352 g/mol. The van der Waals surface area contributed by atoms with Crippen molar-refractivity contribution in [2.24, 2.45) is 5.92 Å². The molecule has 0 fully saturated rings. The second-order valence-electron chi connectivity index (χ2n) is 7.28. The van der Waals surface area contributed by atoms with E-state index in [0.717, 1.165) is 24.0 Å². The molecule has 0 saturated heterocycles. The summed E-state index contributed by atoms with van der Waals surface area (Å²) in [4.78, 5) is 0.